The molecule has 4 nitrogen and oxygen atoms in total. The number of hydrogen-bond acceptors (Lipinski definition) is 6. The second kappa shape index (κ2) is 15.2. The van der Waals surface area contributed by atoms with Crippen LogP contribution in [0.25, 0.3) is 0 Å². The predicted molar refractivity (Wildman–Crippen MR) is 187 cm³/mol. The van der Waals surface area contributed by atoms with E-state index in [1.54, 1.807) is 23.5 Å². The van der Waals surface area contributed by atoms with Gasteiger partial charge in [-0.15, -0.1) is 23.5 Å². The minimum atomic E-state index is -0.926. The second-order valence-electron chi connectivity index (χ2n) is 11.9. The largest absolute Gasteiger partial charge is 0.303 e. The van der Waals surface area contributed by atoms with Crippen molar-refractivity contribution in [2.45, 2.75) is 46.6 Å². The lowest BCUT2D eigenvalue weighted by atomic mass is 9.69. The summed E-state index contributed by atoms with van der Waals surface area (Å²) in [6, 6.07) is 36.4. The average molecular weight is 625 g/mol. The molecule has 0 aliphatic heterocycles. The van der Waals surface area contributed by atoms with E-state index in [-0.39, 0.29) is 18.0 Å². The number of likely N-dealkylation sites (N-methyl/N-ethyl adjacent to an activating group) is 2. The minimum absolute atomic E-state index is 0.0649. The monoisotopic (exact) mass is 624 g/mol. The fourth-order valence-corrected chi connectivity index (χ4v) is 6.86. The molecule has 0 amide bonds. The lowest BCUT2D eigenvalue weighted by Gasteiger charge is -2.49. The number of benzene rings is 4. The smallest absolute Gasteiger partial charge is 0.183 e. The Hall–Kier alpha value is -3.16. The van der Waals surface area contributed by atoms with Gasteiger partial charge >= 0.3 is 0 Å². The summed E-state index contributed by atoms with van der Waals surface area (Å²) < 4.78 is 0. The molecule has 0 saturated carbocycles. The number of carbonyl (C=O) groups excluding carboxylic acids is 2. The van der Waals surface area contributed by atoms with Crippen molar-refractivity contribution in [2.24, 2.45) is 0 Å². The maximum absolute atomic E-state index is 14.9. The van der Waals surface area contributed by atoms with E-state index in [2.05, 4.69) is 34.1 Å². The molecule has 4 aromatic carbocycles. The van der Waals surface area contributed by atoms with Crippen molar-refractivity contribution in [1.82, 2.24) is 9.80 Å². The molecule has 0 heterocycles. The van der Waals surface area contributed by atoms with Gasteiger partial charge in [-0.2, -0.15) is 0 Å². The standard InChI is InChI=1S/C38H44N2O2S2/c1-39(2)37(25-29-13-9-7-10-14-29,27-35(41)31-17-21-33(43-5)22-18-31)28-38(40(3)4,26-30-15-11-8-12-16-30)36(42)32-19-23-34(44-6)24-20-32/h7-24H,25-28H2,1-6H3. The van der Waals surface area contributed by atoms with Crippen LogP contribution in [0.2, 0.25) is 0 Å². The van der Waals surface area contributed by atoms with E-state index in [1.807, 2.05) is 126 Å². The second-order valence-corrected chi connectivity index (χ2v) is 13.7. The Morgan fingerprint density at radius 1 is 0.591 bits per heavy atom. The van der Waals surface area contributed by atoms with Gasteiger partial charge in [-0.05, 0) is 95.4 Å². The average Bonchev–Trinajstić information content (AvgIpc) is 3.04. The summed E-state index contributed by atoms with van der Waals surface area (Å²) in [7, 11) is 8.10. The van der Waals surface area contributed by atoms with Crippen LogP contribution in [-0.2, 0) is 12.8 Å². The molecule has 0 aliphatic rings. The SMILES string of the molecule is CSc1ccc(C(=O)CC(Cc2ccccc2)(CC(Cc2ccccc2)(C(=O)c2ccc(SC)cc2)N(C)C)N(C)C)cc1. The summed E-state index contributed by atoms with van der Waals surface area (Å²) in [5.74, 6) is 0.140. The molecule has 44 heavy (non-hydrogen) atoms. The van der Waals surface area contributed by atoms with E-state index in [4.69, 9.17) is 0 Å². The highest BCUT2D eigenvalue weighted by Crippen LogP contribution is 2.39. The van der Waals surface area contributed by atoms with Crippen LogP contribution < -0.4 is 0 Å². The summed E-state index contributed by atoms with van der Waals surface area (Å²) >= 11 is 3.32. The Balaban J connectivity index is 1.88. The van der Waals surface area contributed by atoms with Crippen molar-refractivity contribution in [1.29, 1.82) is 0 Å². The number of hydrogen-bond donors (Lipinski definition) is 0. The molecule has 0 saturated heterocycles. The predicted octanol–water partition coefficient (Wildman–Crippen LogP) is 8.06. The van der Waals surface area contributed by atoms with Crippen molar-refractivity contribution in [3.63, 3.8) is 0 Å². The molecular weight excluding hydrogens is 581 g/mol. The molecule has 0 fully saturated rings. The molecule has 0 bridgehead atoms. The Morgan fingerprint density at radius 2 is 1.05 bits per heavy atom. The van der Waals surface area contributed by atoms with Gasteiger partial charge in [0.25, 0.3) is 0 Å². The van der Waals surface area contributed by atoms with Crippen molar-refractivity contribution in [3.8, 4) is 0 Å². The van der Waals surface area contributed by atoms with Crippen LogP contribution in [0.3, 0.4) is 0 Å². The zero-order valence-electron chi connectivity index (χ0n) is 26.7. The first-order valence-electron chi connectivity index (χ1n) is 14.9. The number of nitrogens with zero attached hydrogens (tertiary/aromatic N) is 2. The summed E-state index contributed by atoms with van der Waals surface area (Å²) in [5.41, 5.74) is 2.00. The third-order valence-corrected chi connectivity index (χ3v) is 10.3. The first kappa shape index (κ1) is 33.7. The van der Waals surface area contributed by atoms with Gasteiger partial charge in [-0.1, -0.05) is 84.9 Å². The maximum atomic E-state index is 14.9. The maximum Gasteiger partial charge on any atom is 0.183 e. The Morgan fingerprint density at radius 3 is 1.48 bits per heavy atom. The Bertz CT molecular complexity index is 1510. The normalized spacial score (nSPS) is 14.3. The molecule has 4 rings (SSSR count). The van der Waals surface area contributed by atoms with Crippen LogP contribution >= 0.6 is 23.5 Å². The van der Waals surface area contributed by atoms with Gasteiger partial charge in [0.05, 0.1) is 5.54 Å². The summed E-state index contributed by atoms with van der Waals surface area (Å²) in [6.07, 6.45) is 5.95. The van der Waals surface area contributed by atoms with Crippen LogP contribution in [0.5, 0.6) is 0 Å². The molecule has 4 aromatic rings. The number of thioether (sulfide) groups is 2. The molecule has 0 spiro atoms. The Labute approximate surface area is 272 Å². The highest BCUT2D eigenvalue weighted by atomic mass is 32.2. The lowest BCUT2D eigenvalue weighted by molar-refractivity contribution is 0.0295. The van der Waals surface area contributed by atoms with E-state index in [9.17, 15) is 9.59 Å². The van der Waals surface area contributed by atoms with Crippen LogP contribution in [0, 0.1) is 0 Å². The molecule has 2 atom stereocenters. The topological polar surface area (TPSA) is 40.6 Å². The van der Waals surface area contributed by atoms with Crippen molar-refractivity contribution >= 4 is 35.1 Å². The molecule has 6 heteroatoms. The van der Waals surface area contributed by atoms with Gasteiger partial charge < -0.3 is 4.90 Å². The van der Waals surface area contributed by atoms with Gasteiger partial charge in [0.1, 0.15) is 0 Å². The molecule has 0 aromatic heterocycles. The highest BCUT2D eigenvalue weighted by Gasteiger charge is 2.50. The third-order valence-electron chi connectivity index (χ3n) is 8.82. The third kappa shape index (κ3) is 7.91. The van der Waals surface area contributed by atoms with Gasteiger partial charge in [0.15, 0.2) is 11.6 Å². The van der Waals surface area contributed by atoms with Crippen LogP contribution in [0.4, 0.5) is 0 Å². The molecule has 0 radical (unpaired) electrons. The first-order chi connectivity index (χ1) is 21.1. The highest BCUT2D eigenvalue weighted by molar-refractivity contribution is 7.98. The van der Waals surface area contributed by atoms with Crippen LogP contribution in [-0.4, -0.2) is 73.1 Å². The van der Waals surface area contributed by atoms with Gasteiger partial charge in [0, 0.05) is 32.9 Å². The summed E-state index contributed by atoms with van der Waals surface area (Å²) in [6.45, 7) is 0. The number of carbonyl (C=O) groups is 2. The van der Waals surface area contributed by atoms with Crippen LogP contribution in [0.15, 0.2) is 119 Å². The summed E-state index contributed by atoms with van der Waals surface area (Å²) in [5, 5.41) is 0. The number of rotatable bonds is 15. The molecule has 0 N–H and O–H groups in total. The van der Waals surface area contributed by atoms with Crippen molar-refractivity contribution < 1.29 is 9.59 Å². The quantitative estimate of drug-likeness (QED) is 0.0985. The summed E-state index contributed by atoms with van der Waals surface area (Å²) in [4.78, 5) is 35.6. The zero-order chi connectivity index (χ0) is 31.7. The fourth-order valence-electron chi connectivity index (χ4n) is 6.05. The van der Waals surface area contributed by atoms with E-state index < -0.39 is 11.1 Å². The van der Waals surface area contributed by atoms with Crippen molar-refractivity contribution in [2.75, 3.05) is 40.7 Å². The van der Waals surface area contributed by atoms with Gasteiger partial charge in [-0.3, -0.25) is 14.5 Å². The van der Waals surface area contributed by atoms with E-state index in [0.29, 0.717) is 30.4 Å². The molecule has 230 valence electrons. The fraction of sp³-hybridized carbons (Fsp3) is 0.316. The van der Waals surface area contributed by atoms with E-state index in [1.165, 1.54) is 0 Å². The van der Waals surface area contributed by atoms with E-state index >= 15 is 0 Å². The van der Waals surface area contributed by atoms with Gasteiger partial charge in [0.2, 0.25) is 0 Å². The molecule has 2 unspecified atom stereocenters. The van der Waals surface area contributed by atoms with Crippen LogP contribution in [0.1, 0.15) is 44.7 Å². The lowest BCUT2D eigenvalue weighted by Crippen LogP contribution is -2.61. The number of ketones is 2. The molecular formula is C38H44N2O2S2. The van der Waals surface area contributed by atoms with E-state index in [0.717, 1.165) is 20.9 Å². The Kier molecular flexibility index (Phi) is 11.7. The molecule has 0 aliphatic carbocycles. The van der Waals surface area contributed by atoms with Crippen molar-refractivity contribution in [3.05, 3.63) is 131 Å². The first-order valence-corrected chi connectivity index (χ1v) is 17.4. The number of Topliss-reactive ketones (excluding diaryl/α,β-unsaturated/α-hetero) is 2. The zero-order valence-corrected chi connectivity index (χ0v) is 28.4. The van der Waals surface area contributed by atoms with Gasteiger partial charge in [-0.25, -0.2) is 0 Å². The minimum Gasteiger partial charge on any atom is -0.303 e.